The van der Waals surface area contributed by atoms with Crippen molar-refractivity contribution in [3.63, 3.8) is 0 Å². The second kappa shape index (κ2) is 5.16. The van der Waals surface area contributed by atoms with Crippen LogP contribution in [0.15, 0.2) is 18.5 Å². The van der Waals surface area contributed by atoms with E-state index in [1.165, 1.54) is 0 Å². The van der Waals surface area contributed by atoms with Gasteiger partial charge in [0.25, 0.3) is 0 Å². The maximum atomic E-state index is 12.6. The van der Waals surface area contributed by atoms with Gasteiger partial charge in [0.05, 0.1) is 5.56 Å². The summed E-state index contributed by atoms with van der Waals surface area (Å²) in [5.41, 5.74) is -0.800. The first-order valence-corrected chi connectivity index (χ1v) is 5.10. The number of pyridine rings is 1. The topological polar surface area (TPSA) is 42.0 Å². The van der Waals surface area contributed by atoms with Crippen LogP contribution in [0.5, 0.6) is 0 Å². The van der Waals surface area contributed by atoms with Crippen LogP contribution in [-0.4, -0.2) is 10.9 Å². The van der Waals surface area contributed by atoms with E-state index in [0.29, 0.717) is 0 Å². The molecule has 0 atom stereocenters. The van der Waals surface area contributed by atoms with E-state index in [9.17, 15) is 18.0 Å². The van der Waals surface area contributed by atoms with E-state index in [0.717, 1.165) is 18.5 Å². The highest BCUT2D eigenvalue weighted by Crippen LogP contribution is 2.31. The lowest BCUT2D eigenvalue weighted by molar-refractivity contribution is -0.138. The SMILES string of the molecule is CC(C)C(=O)NCc1cnccc1C(F)(F)F. The van der Waals surface area contributed by atoms with Crippen molar-refractivity contribution in [1.82, 2.24) is 10.3 Å². The van der Waals surface area contributed by atoms with E-state index >= 15 is 0 Å². The van der Waals surface area contributed by atoms with Crippen LogP contribution in [0.3, 0.4) is 0 Å². The molecule has 3 nitrogen and oxygen atoms in total. The summed E-state index contributed by atoms with van der Waals surface area (Å²) in [4.78, 5) is 14.9. The second-order valence-corrected chi connectivity index (χ2v) is 3.90. The van der Waals surface area contributed by atoms with Gasteiger partial charge < -0.3 is 5.32 Å². The van der Waals surface area contributed by atoms with Gasteiger partial charge in [-0.1, -0.05) is 13.8 Å². The molecule has 0 aliphatic carbocycles. The van der Waals surface area contributed by atoms with E-state index in [2.05, 4.69) is 10.3 Å². The Hall–Kier alpha value is -1.59. The summed E-state index contributed by atoms with van der Waals surface area (Å²) in [6, 6.07) is 0.900. The summed E-state index contributed by atoms with van der Waals surface area (Å²) >= 11 is 0. The number of amides is 1. The van der Waals surface area contributed by atoms with Crippen LogP contribution in [0.25, 0.3) is 0 Å². The highest BCUT2D eigenvalue weighted by Gasteiger charge is 2.33. The third-order valence-electron chi connectivity index (χ3n) is 2.19. The van der Waals surface area contributed by atoms with Crippen molar-refractivity contribution in [3.8, 4) is 0 Å². The fourth-order valence-electron chi connectivity index (χ4n) is 1.23. The van der Waals surface area contributed by atoms with Gasteiger partial charge in [-0.05, 0) is 6.07 Å². The summed E-state index contributed by atoms with van der Waals surface area (Å²) in [6.07, 6.45) is -2.24. The molecular formula is C11H13F3N2O. The normalized spacial score (nSPS) is 11.6. The van der Waals surface area contributed by atoms with Gasteiger partial charge in [-0.2, -0.15) is 13.2 Å². The lowest BCUT2D eigenvalue weighted by atomic mass is 10.1. The van der Waals surface area contributed by atoms with Crippen LogP contribution in [0.4, 0.5) is 13.2 Å². The van der Waals surface area contributed by atoms with Gasteiger partial charge in [0, 0.05) is 30.4 Å². The first-order chi connectivity index (χ1) is 7.82. The molecule has 0 unspecified atom stereocenters. The van der Waals surface area contributed by atoms with E-state index in [-0.39, 0.29) is 23.9 Å². The van der Waals surface area contributed by atoms with Gasteiger partial charge in [0.2, 0.25) is 5.91 Å². The molecular weight excluding hydrogens is 233 g/mol. The summed E-state index contributed by atoms with van der Waals surface area (Å²) in [7, 11) is 0. The molecule has 0 saturated carbocycles. The Morgan fingerprint density at radius 1 is 1.47 bits per heavy atom. The number of hydrogen-bond donors (Lipinski definition) is 1. The molecule has 0 bridgehead atoms. The number of nitrogens with zero attached hydrogens (tertiary/aromatic N) is 1. The predicted octanol–water partition coefficient (Wildman–Crippen LogP) is 2.37. The lowest BCUT2D eigenvalue weighted by Crippen LogP contribution is -2.28. The quantitative estimate of drug-likeness (QED) is 0.889. The van der Waals surface area contributed by atoms with Crippen molar-refractivity contribution in [2.45, 2.75) is 26.6 Å². The Morgan fingerprint density at radius 2 is 2.12 bits per heavy atom. The monoisotopic (exact) mass is 246 g/mol. The molecule has 0 spiro atoms. The molecule has 17 heavy (non-hydrogen) atoms. The van der Waals surface area contributed by atoms with E-state index in [1.807, 2.05) is 0 Å². The van der Waals surface area contributed by atoms with Crippen LogP contribution in [0.2, 0.25) is 0 Å². The first kappa shape index (κ1) is 13.5. The molecule has 6 heteroatoms. The molecule has 0 aliphatic rings. The van der Waals surface area contributed by atoms with Gasteiger partial charge in [0.1, 0.15) is 0 Å². The molecule has 0 fully saturated rings. The minimum atomic E-state index is -4.43. The van der Waals surface area contributed by atoms with Gasteiger partial charge in [-0.15, -0.1) is 0 Å². The smallest absolute Gasteiger partial charge is 0.352 e. The Bertz CT molecular complexity index is 402. The largest absolute Gasteiger partial charge is 0.416 e. The Kier molecular flexibility index (Phi) is 4.09. The number of carbonyl (C=O) groups excluding carboxylic acids is 1. The van der Waals surface area contributed by atoms with Crippen LogP contribution in [-0.2, 0) is 17.5 Å². The molecule has 1 aromatic rings. The van der Waals surface area contributed by atoms with Crippen LogP contribution >= 0.6 is 0 Å². The highest BCUT2D eigenvalue weighted by atomic mass is 19.4. The Morgan fingerprint density at radius 3 is 2.65 bits per heavy atom. The van der Waals surface area contributed by atoms with Gasteiger partial charge >= 0.3 is 6.18 Å². The third kappa shape index (κ3) is 3.72. The zero-order chi connectivity index (χ0) is 13.1. The lowest BCUT2D eigenvalue weighted by Gasteiger charge is -2.13. The molecule has 1 aromatic heterocycles. The molecule has 1 amide bonds. The van der Waals surface area contributed by atoms with Gasteiger partial charge in [0.15, 0.2) is 0 Å². The van der Waals surface area contributed by atoms with Crippen molar-refractivity contribution >= 4 is 5.91 Å². The highest BCUT2D eigenvalue weighted by molar-refractivity contribution is 5.77. The number of aromatic nitrogens is 1. The number of hydrogen-bond acceptors (Lipinski definition) is 2. The summed E-state index contributed by atoms with van der Waals surface area (Å²) < 4.78 is 37.8. The van der Waals surface area contributed by atoms with Crippen LogP contribution < -0.4 is 5.32 Å². The molecule has 0 aliphatic heterocycles. The zero-order valence-corrected chi connectivity index (χ0v) is 9.51. The minimum absolute atomic E-state index is 0.0333. The number of alkyl halides is 3. The molecule has 1 heterocycles. The fourth-order valence-corrected chi connectivity index (χ4v) is 1.23. The molecule has 1 N–H and O–H groups in total. The Balaban J connectivity index is 2.82. The van der Waals surface area contributed by atoms with Crippen molar-refractivity contribution in [3.05, 3.63) is 29.6 Å². The summed E-state index contributed by atoms with van der Waals surface area (Å²) in [5, 5.41) is 2.43. The maximum Gasteiger partial charge on any atom is 0.416 e. The molecule has 1 rings (SSSR count). The first-order valence-electron chi connectivity index (χ1n) is 5.10. The fraction of sp³-hybridized carbons (Fsp3) is 0.455. The number of carbonyl (C=O) groups is 1. The molecule has 0 saturated heterocycles. The number of halogens is 3. The Labute approximate surface area is 97.0 Å². The average molecular weight is 246 g/mol. The third-order valence-corrected chi connectivity index (χ3v) is 2.19. The van der Waals surface area contributed by atoms with Crippen molar-refractivity contribution in [2.75, 3.05) is 0 Å². The number of nitrogens with one attached hydrogen (secondary N) is 1. The minimum Gasteiger partial charge on any atom is -0.352 e. The van der Waals surface area contributed by atoms with Crippen molar-refractivity contribution in [1.29, 1.82) is 0 Å². The van der Waals surface area contributed by atoms with Crippen molar-refractivity contribution in [2.24, 2.45) is 5.92 Å². The summed E-state index contributed by atoms with van der Waals surface area (Å²) in [5.74, 6) is -0.553. The predicted molar refractivity (Wildman–Crippen MR) is 55.9 cm³/mol. The average Bonchev–Trinajstić information content (AvgIpc) is 2.24. The molecule has 0 aromatic carbocycles. The van der Waals surface area contributed by atoms with Gasteiger partial charge in [-0.25, -0.2) is 0 Å². The van der Waals surface area contributed by atoms with Crippen LogP contribution in [0, 0.1) is 5.92 Å². The van der Waals surface area contributed by atoms with Crippen LogP contribution in [0.1, 0.15) is 25.0 Å². The summed E-state index contributed by atoms with van der Waals surface area (Å²) in [6.45, 7) is 3.17. The molecule has 0 radical (unpaired) electrons. The molecule has 94 valence electrons. The van der Waals surface area contributed by atoms with E-state index in [4.69, 9.17) is 0 Å². The maximum absolute atomic E-state index is 12.6. The van der Waals surface area contributed by atoms with Gasteiger partial charge in [-0.3, -0.25) is 9.78 Å². The number of rotatable bonds is 3. The standard InChI is InChI=1S/C11H13F3N2O/c1-7(2)10(17)16-6-8-5-15-4-3-9(8)11(12,13)14/h3-5,7H,6H2,1-2H3,(H,16,17). The van der Waals surface area contributed by atoms with E-state index in [1.54, 1.807) is 13.8 Å². The van der Waals surface area contributed by atoms with Crippen molar-refractivity contribution < 1.29 is 18.0 Å². The zero-order valence-electron chi connectivity index (χ0n) is 9.51. The van der Waals surface area contributed by atoms with E-state index < -0.39 is 11.7 Å². The second-order valence-electron chi connectivity index (χ2n) is 3.90.